The zero-order chi connectivity index (χ0) is 25.3. The third kappa shape index (κ3) is 3.15. The van der Waals surface area contributed by atoms with Gasteiger partial charge in [-0.25, -0.2) is 0 Å². The quantitative estimate of drug-likeness (QED) is 0.268. The fraction of sp³-hybridized carbons (Fsp3) is 0.409. The average Bonchev–Trinajstić information content (AvgIpc) is 2.76. The summed E-state index contributed by atoms with van der Waals surface area (Å²) in [4.78, 5) is 38.6. The van der Waals surface area contributed by atoms with Gasteiger partial charge in [-0.2, -0.15) is 0 Å². The highest BCUT2D eigenvalue weighted by Gasteiger charge is 2.52. The van der Waals surface area contributed by atoms with E-state index in [4.69, 9.17) is 4.74 Å². The molecule has 1 unspecified atom stereocenters. The van der Waals surface area contributed by atoms with E-state index in [9.17, 15) is 55.2 Å². The topological polar surface area (TPSA) is 222 Å². The third-order valence-corrected chi connectivity index (χ3v) is 6.58. The van der Waals surface area contributed by atoms with Gasteiger partial charge in [-0.1, -0.05) is 0 Å². The lowest BCUT2D eigenvalue weighted by molar-refractivity contribution is -0.232. The predicted molar refractivity (Wildman–Crippen MR) is 109 cm³/mol. The minimum absolute atomic E-state index is 0.398. The van der Waals surface area contributed by atoms with Crippen molar-refractivity contribution in [3.63, 3.8) is 0 Å². The molecule has 0 bridgehead atoms. The van der Waals surface area contributed by atoms with E-state index in [1.807, 2.05) is 0 Å². The number of benzene rings is 1. The molecule has 1 aliphatic heterocycles. The second-order valence-corrected chi connectivity index (χ2v) is 8.73. The number of carboxylic acid groups (broad SMARTS) is 1. The largest absolute Gasteiger partial charge is 0.512 e. The number of aliphatic carboxylic acids is 1. The number of allylic oxidation sites excluding steroid dienone is 3. The monoisotopic (exact) mass is 478 g/mol. The Kier molecular flexibility index (Phi) is 5.54. The maximum Gasteiger partial charge on any atom is 0.314 e. The molecule has 1 saturated heterocycles. The predicted octanol–water partition coefficient (Wildman–Crippen LogP) is -0.775. The molecule has 4 rings (SSSR count). The van der Waals surface area contributed by atoms with Gasteiger partial charge >= 0.3 is 5.97 Å². The molecule has 1 fully saturated rings. The number of carboxylic acids is 1. The number of phenolic OH excluding ortho intramolecular Hbond substituents is 2. The van der Waals surface area contributed by atoms with Crippen LogP contribution in [-0.4, -0.2) is 89.4 Å². The van der Waals surface area contributed by atoms with E-state index in [1.54, 1.807) is 0 Å². The summed E-state index contributed by atoms with van der Waals surface area (Å²) in [5, 5.41) is 81.2. The number of carbonyl (C=O) groups excluding carboxylic acids is 2. The number of rotatable bonds is 3. The van der Waals surface area contributed by atoms with E-state index in [0.717, 1.165) is 19.1 Å². The maximum absolute atomic E-state index is 13.5. The van der Waals surface area contributed by atoms with Crippen molar-refractivity contribution in [1.29, 1.82) is 0 Å². The summed E-state index contributed by atoms with van der Waals surface area (Å²) in [7, 11) is 0. The standard InChI is InChI=1S/C22H22O12/c1-22(21(32)33)4-6(24)2-8-13(22)17(29)11-7(14(8)26)3-9(25)12(16(11)28)20-19(31)18(30)15(27)10(5-23)34-20/h2-3,10,15,18-20,23-25,27-28,30-31H,4-5H2,1H3,(H,32,33)/t10-,15-,18+,19-,20-,22?/m1/s1. The fourth-order valence-electron chi connectivity index (χ4n) is 4.74. The molecule has 2 aliphatic carbocycles. The number of aromatic hydroxyl groups is 2. The molecular weight excluding hydrogens is 456 g/mol. The zero-order valence-corrected chi connectivity index (χ0v) is 17.7. The summed E-state index contributed by atoms with van der Waals surface area (Å²) in [6.07, 6.45) is -8.18. The van der Waals surface area contributed by atoms with Gasteiger partial charge in [-0.05, 0) is 19.1 Å². The van der Waals surface area contributed by atoms with Crippen LogP contribution in [0.25, 0.3) is 0 Å². The molecule has 12 heteroatoms. The molecule has 3 aliphatic rings. The van der Waals surface area contributed by atoms with Gasteiger partial charge in [-0.3, -0.25) is 14.4 Å². The Labute approximate surface area is 191 Å². The first-order chi connectivity index (χ1) is 15.8. The van der Waals surface area contributed by atoms with Crippen LogP contribution < -0.4 is 0 Å². The van der Waals surface area contributed by atoms with E-state index in [1.165, 1.54) is 0 Å². The van der Waals surface area contributed by atoms with Crippen molar-refractivity contribution in [3.05, 3.63) is 45.7 Å². The van der Waals surface area contributed by atoms with Crippen molar-refractivity contribution >= 4 is 17.5 Å². The first-order valence-corrected chi connectivity index (χ1v) is 10.2. The number of aliphatic hydroxyl groups excluding tert-OH is 5. The van der Waals surface area contributed by atoms with Gasteiger partial charge in [-0.15, -0.1) is 0 Å². The molecule has 182 valence electrons. The number of ether oxygens (including phenoxy) is 1. The molecule has 1 aromatic carbocycles. The van der Waals surface area contributed by atoms with Gasteiger partial charge in [0.25, 0.3) is 0 Å². The zero-order valence-electron chi connectivity index (χ0n) is 17.7. The lowest BCUT2D eigenvalue weighted by Crippen LogP contribution is -2.55. The van der Waals surface area contributed by atoms with Gasteiger partial charge in [0.1, 0.15) is 47.4 Å². The Hall–Kier alpha value is -3.29. The lowest BCUT2D eigenvalue weighted by Gasteiger charge is -2.41. The van der Waals surface area contributed by atoms with Crippen LogP contribution in [0.1, 0.15) is 45.7 Å². The molecule has 0 amide bonds. The number of carbonyl (C=O) groups is 3. The summed E-state index contributed by atoms with van der Waals surface area (Å²) >= 11 is 0. The molecule has 12 nitrogen and oxygen atoms in total. The van der Waals surface area contributed by atoms with E-state index in [2.05, 4.69) is 0 Å². The fourth-order valence-corrected chi connectivity index (χ4v) is 4.74. The summed E-state index contributed by atoms with van der Waals surface area (Å²) in [5.74, 6) is -5.75. The van der Waals surface area contributed by atoms with Crippen LogP contribution in [0.3, 0.4) is 0 Å². The number of aliphatic hydroxyl groups is 5. The van der Waals surface area contributed by atoms with Crippen molar-refractivity contribution in [1.82, 2.24) is 0 Å². The van der Waals surface area contributed by atoms with Gasteiger partial charge in [0.05, 0.1) is 23.5 Å². The smallest absolute Gasteiger partial charge is 0.314 e. The van der Waals surface area contributed by atoms with Gasteiger partial charge < -0.3 is 45.6 Å². The van der Waals surface area contributed by atoms with Gasteiger partial charge in [0.2, 0.25) is 0 Å². The van der Waals surface area contributed by atoms with Crippen LogP contribution in [0.5, 0.6) is 11.5 Å². The highest BCUT2D eigenvalue weighted by atomic mass is 16.5. The Morgan fingerprint density at radius 2 is 1.74 bits per heavy atom. The van der Waals surface area contributed by atoms with E-state index in [0.29, 0.717) is 0 Å². The summed E-state index contributed by atoms with van der Waals surface area (Å²) in [6, 6.07) is 0.813. The summed E-state index contributed by atoms with van der Waals surface area (Å²) < 4.78 is 5.36. The second kappa shape index (κ2) is 7.89. The molecule has 6 atom stereocenters. The number of fused-ring (bicyclic) bond motifs is 1. The number of ketones is 2. The lowest BCUT2D eigenvalue weighted by atomic mass is 9.66. The number of hydrogen-bond donors (Lipinski definition) is 8. The first kappa shape index (κ1) is 23.9. The first-order valence-electron chi connectivity index (χ1n) is 10.2. The Bertz CT molecular complexity index is 1180. The van der Waals surface area contributed by atoms with Crippen LogP contribution in [-0.2, 0) is 9.53 Å². The average molecular weight is 478 g/mol. The number of Topliss-reactive ketones (excluding diaryl/α,β-unsaturated/α-hetero) is 2. The van der Waals surface area contributed by atoms with Crippen LogP contribution in [0.15, 0.2) is 29.0 Å². The van der Waals surface area contributed by atoms with E-state index >= 15 is 0 Å². The molecule has 1 heterocycles. The molecule has 0 saturated carbocycles. The Morgan fingerprint density at radius 1 is 1.09 bits per heavy atom. The van der Waals surface area contributed by atoms with Gasteiger partial charge in [0, 0.05) is 23.1 Å². The van der Waals surface area contributed by atoms with Crippen LogP contribution in [0.4, 0.5) is 0 Å². The normalized spacial score (nSPS) is 33.3. The highest BCUT2D eigenvalue weighted by Crippen LogP contribution is 2.50. The van der Waals surface area contributed by atoms with Crippen molar-refractivity contribution in [2.24, 2.45) is 5.41 Å². The van der Waals surface area contributed by atoms with E-state index < -0.39 is 112 Å². The van der Waals surface area contributed by atoms with Crippen molar-refractivity contribution in [2.75, 3.05) is 6.61 Å². The van der Waals surface area contributed by atoms with Crippen LogP contribution in [0, 0.1) is 5.41 Å². The SMILES string of the molecule is CC1(C(=O)O)CC(O)=CC2=C1C(=O)c1c(cc(O)c([C@H]3O[C@H](CO)[C@@H](O)[C@H](O)[C@H]3O)c1O)C2=O. The molecule has 1 aromatic rings. The minimum atomic E-state index is -2.01. The van der Waals surface area contributed by atoms with Gasteiger partial charge in [0.15, 0.2) is 11.6 Å². The third-order valence-electron chi connectivity index (χ3n) is 6.58. The summed E-state index contributed by atoms with van der Waals surface area (Å²) in [5.41, 5.74) is -4.62. The maximum atomic E-state index is 13.5. The second-order valence-electron chi connectivity index (χ2n) is 8.73. The highest BCUT2D eigenvalue weighted by molar-refractivity contribution is 6.31. The minimum Gasteiger partial charge on any atom is -0.512 e. The molecule has 34 heavy (non-hydrogen) atoms. The van der Waals surface area contributed by atoms with Crippen LogP contribution in [0.2, 0.25) is 0 Å². The van der Waals surface area contributed by atoms with Crippen molar-refractivity contribution in [2.45, 2.75) is 43.9 Å². The van der Waals surface area contributed by atoms with Crippen LogP contribution >= 0.6 is 0 Å². The van der Waals surface area contributed by atoms with Crippen molar-refractivity contribution < 1.29 is 60.0 Å². The number of phenols is 2. The molecule has 0 radical (unpaired) electrons. The number of hydrogen-bond acceptors (Lipinski definition) is 11. The molecule has 8 N–H and O–H groups in total. The molecular formula is C22H22O12. The molecule has 0 aromatic heterocycles. The Morgan fingerprint density at radius 3 is 2.32 bits per heavy atom. The van der Waals surface area contributed by atoms with E-state index in [-0.39, 0.29) is 0 Å². The van der Waals surface area contributed by atoms with Crippen molar-refractivity contribution in [3.8, 4) is 11.5 Å². The Balaban J connectivity index is 1.92. The molecule has 0 spiro atoms. The summed E-state index contributed by atoms with van der Waals surface area (Å²) in [6.45, 7) is 0.342.